The summed E-state index contributed by atoms with van der Waals surface area (Å²) in [5.41, 5.74) is 6.74. The lowest BCUT2D eigenvalue weighted by Crippen LogP contribution is -2.59. The maximum atomic E-state index is 9.53. The van der Waals surface area contributed by atoms with Crippen LogP contribution in [0.2, 0.25) is 0 Å². The number of rotatable bonds is 6. The van der Waals surface area contributed by atoms with E-state index >= 15 is 0 Å². The monoisotopic (exact) mass is 467 g/mol. The molecule has 1 fully saturated rings. The average Bonchev–Trinajstić information content (AvgIpc) is 3.38. The van der Waals surface area contributed by atoms with E-state index in [2.05, 4.69) is 84.1 Å². The minimum Gasteiger partial charge on any atom is -0.364 e. The van der Waals surface area contributed by atoms with Crippen LogP contribution < -0.4 is 4.90 Å². The van der Waals surface area contributed by atoms with Crippen molar-refractivity contribution >= 4 is 22.4 Å². The number of nitriles is 1. The minimum atomic E-state index is 0.332. The maximum Gasteiger partial charge on any atom is 0.163 e. The number of fused-ring (bicyclic) bond motifs is 3. The molecule has 4 aromatic rings. The SMILES string of the molecule is CCC(c1ccc(C)cc1)N1C[C@H](CC)N(c2cc3nncn3c3ccc(C#N)nc23)C[C@H]1CC. The van der Waals surface area contributed by atoms with Crippen molar-refractivity contribution in [3.05, 3.63) is 65.6 Å². The third-order valence-corrected chi connectivity index (χ3v) is 7.57. The van der Waals surface area contributed by atoms with Crippen molar-refractivity contribution in [3.8, 4) is 6.07 Å². The molecule has 35 heavy (non-hydrogen) atoms. The Bertz CT molecular complexity index is 1370. The lowest BCUT2D eigenvalue weighted by Gasteiger charge is -2.50. The molecule has 1 unspecified atom stereocenters. The van der Waals surface area contributed by atoms with E-state index in [9.17, 15) is 5.26 Å². The van der Waals surface area contributed by atoms with Gasteiger partial charge >= 0.3 is 0 Å². The first-order valence-electron chi connectivity index (χ1n) is 12.7. The molecule has 0 aliphatic carbocycles. The second-order valence-electron chi connectivity index (χ2n) is 9.57. The zero-order valence-electron chi connectivity index (χ0n) is 21.0. The summed E-state index contributed by atoms with van der Waals surface area (Å²) in [5, 5.41) is 18.0. The second kappa shape index (κ2) is 9.63. The number of hydrogen-bond acceptors (Lipinski definition) is 6. The van der Waals surface area contributed by atoms with E-state index in [1.165, 1.54) is 11.1 Å². The summed E-state index contributed by atoms with van der Waals surface area (Å²) in [7, 11) is 0. The number of pyridine rings is 2. The van der Waals surface area contributed by atoms with Gasteiger partial charge in [0, 0.05) is 37.3 Å². The Morgan fingerprint density at radius 3 is 2.49 bits per heavy atom. The molecule has 0 bridgehead atoms. The topological polar surface area (TPSA) is 73.3 Å². The van der Waals surface area contributed by atoms with Crippen LogP contribution in [-0.4, -0.2) is 49.7 Å². The lowest BCUT2D eigenvalue weighted by molar-refractivity contribution is 0.0899. The molecule has 1 saturated heterocycles. The second-order valence-corrected chi connectivity index (χ2v) is 9.57. The third-order valence-electron chi connectivity index (χ3n) is 7.57. The Morgan fingerprint density at radius 1 is 1.03 bits per heavy atom. The van der Waals surface area contributed by atoms with Crippen molar-refractivity contribution < 1.29 is 0 Å². The molecule has 7 nitrogen and oxygen atoms in total. The van der Waals surface area contributed by atoms with Crippen molar-refractivity contribution in [1.29, 1.82) is 5.26 Å². The molecule has 0 amide bonds. The molecule has 0 saturated carbocycles. The van der Waals surface area contributed by atoms with Crippen LogP contribution in [0, 0.1) is 18.3 Å². The number of aryl methyl sites for hydroxylation is 1. The zero-order chi connectivity index (χ0) is 24.5. The van der Waals surface area contributed by atoms with Gasteiger partial charge in [-0.2, -0.15) is 5.26 Å². The van der Waals surface area contributed by atoms with Crippen LogP contribution >= 0.6 is 0 Å². The Hall–Kier alpha value is -3.50. The molecule has 1 aliphatic rings. The predicted octanol–water partition coefficient (Wildman–Crippen LogP) is 5.29. The van der Waals surface area contributed by atoms with Gasteiger partial charge in [0.15, 0.2) is 5.65 Å². The highest BCUT2D eigenvalue weighted by molar-refractivity contribution is 5.92. The number of hydrogen-bond donors (Lipinski definition) is 0. The standard InChI is InChI=1S/C28H33N7/c1-5-22-17-34(23(6-2)16-33(22)24(7-3)20-10-8-19(4)9-11-20)26-14-27-32-30-18-35(27)25-13-12-21(15-29)31-28(25)26/h8-14,18,22-24H,5-7,16-17H2,1-4H3/t22-,23+,24?/m1/s1. The molecule has 3 aromatic heterocycles. The summed E-state index contributed by atoms with van der Waals surface area (Å²) in [6, 6.07) is 18.2. The predicted molar refractivity (Wildman–Crippen MR) is 139 cm³/mol. The largest absolute Gasteiger partial charge is 0.364 e. The first kappa shape index (κ1) is 23.3. The average molecular weight is 468 g/mol. The van der Waals surface area contributed by atoms with Crippen molar-refractivity contribution in [3.63, 3.8) is 0 Å². The third kappa shape index (κ3) is 4.12. The number of aromatic nitrogens is 4. The number of nitrogens with zero attached hydrogens (tertiary/aromatic N) is 7. The summed E-state index contributed by atoms with van der Waals surface area (Å²) in [5.74, 6) is 0. The van der Waals surface area contributed by atoms with Crippen molar-refractivity contribution in [2.75, 3.05) is 18.0 Å². The molecule has 3 atom stereocenters. The highest BCUT2D eigenvalue weighted by atomic mass is 15.3. The molecular weight excluding hydrogens is 434 g/mol. The number of benzene rings is 1. The molecule has 1 aliphatic heterocycles. The molecular formula is C28H33N7. The Labute approximate surface area is 207 Å². The zero-order valence-corrected chi connectivity index (χ0v) is 21.0. The summed E-state index contributed by atoms with van der Waals surface area (Å²) in [4.78, 5) is 9.99. The lowest BCUT2D eigenvalue weighted by atomic mass is 9.94. The molecule has 4 heterocycles. The highest BCUT2D eigenvalue weighted by Crippen LogP contribution is 2.36. The van der Waals surface area contributed by atoms with Crippen LogP contribution in [0.15, 0.2) is 48.8 Å². The van der Waals surface area contributed by atoms with Crippen LogP contribution in [0.1, 0.15) is 62.9 Å². The Balaban J connectivity index is 1.58. The fourth-order valence-electron chi connectivity index (χ4n) is 5.65. The summed E-state index contributed by atoms with van der Waals surface area (Å²) in [6.07, 6.45) is 4.89. The van der Waals surface area contributed by atoms with E-state index in [-0.39, 0.29) is 0 Å². The fraction of sp³-hybridized carbons (Fsp3) is 0.429. The van der Waals surface area contributed by atoms with Gasteiger partial charge in [-0.15, -0.1) is 10.2 Å². The van der Waals surface area contributed by atoms with Crippen molar-refractivity contribution in [1.82, 2.24) is 24.5 Å². The quantitative estimate of drug-likeness (QED) is 0.384. The van der Waals surface area contributed by atoms with Crippen LogP contribution in [0.4, 0.5) is 5.69 Å². The summed E-state index contributed by atoms with van der Waals surface area (Å²) >= 11 is 0. The van der Waals surface area contributed by atoms with Crippen LogP contribution in [0.3, 0.4) is 0 Å². The first-order valence-corrected chi connectivity index (χ1v) is 12.7. The van der Waals surface area contributed by atoms with Gasteiger partial charge in [-0.25, -0.2) is 4.98 Å². The molecule has 180 valence electrons. The van der Waals surface area contributed by atoms with Gasteiger partial charge in [0.2, 0.25) is 0 Å². The molecule has 0 radical (unpaired) electrons. The van der Waals surface area contributed by atoms with Crippen molar-refractivity contribution in [2.45, 2.75) is 65.1 Å². The highest BCUT2D eigenvalue weighted by Gasteiger charge is 2.37. The molecule has 1 aromatic carbocycles. The Morgan fingerprint density at radius 2 is 1.80 bits per heavy atom. The molecule has 5 rings (SSSR count). The number of anilines is 1. The summed E-state index contributed by atoms with van der Waals surface area (Å²) < 4.78 is 1.95. The molecule has 0 spiro atoms. The number of piperazine rings is 1. The summed E-state index contributed by atoms with van der Waals surface area (Å²) in [6.45, 7) is 10.9. The van der Waals surface area contributed by atoms with E-state index in [0.29, 0.717) is 23.8 Å². The normalized spacial score (nSPS) is 19.8. The van der Waals surface area contributed by atoms with Crippen LogP contribution in [0.25, 0.3) is 16.7 Å². The van der Waals surface area contributed by atoms with Gasteiger partial charge in [-0.1, -0.05) is 50.6 Å². The van der Waals surface area contributed by atoms with E-state index in [1.807, 2.05) is 10.5 Å². The van der Waals surface area contributed by atoms with Gasteiger partial charge in [0.05, 0.1) is 11.2 Å². The van der Waals surface area contributed by atoms with Gasteiger partial charge in [-0.05, 0) is 43.9 Å². The Kier molecular flexibility index (Phi) is 6.40. The van der Waals surface area contributed by atoms with Crippen LogP contribution in [0.5, 0.6) is 0 Å². The van der Waals surface area contributed by atoms with E-state index in [4.69, 9.17) is 4.98 Å². The van der Waals surface area contributed by atoms with Gasteiger partial charge < -0.3 is 4.90 Å². The van der Waals surface area contributed by atoms with Crippen molar-refractivity contribution in [2.24, 2.45) is 0 Å². The van der Waals surface area contributed by atoms with Gasteiger partial charge in [0.1, 0.15) is 23.6 Å². The van der Waals surface area contributed by atoms with Gasteiger partial charge in [0.25, 0.3) is 0 Å². The molecule has 7 heteroatoms. The first-order chi connectivity index (χ1) is 17.1. The maximum absolute atomic E-state index is 9.53. The van der Waals surface area contributed by atoms with Crippen LogP contribution in [-0.2, 0) is 0 Å². The smallest absolute Gasteiger partial charge is 0.163 e. The minimum absolute atomic E-state index is 0.332. The van der Waals surface area contributed by atoms with E-state index in [1.54, 1.807) is 12.4 Å². The fourth-order valence-corrected chi connectivity index (χ4v) is 5.65. The molecule has 0 N–H and O–H groups in total. The van der Waals surface area contributed by atoms with E-state index < -0.39 is 0 Å². The van der Waals surface area contributed by atoms with E-state index in [0.717, 1.165) is 54.7 Å². The van der Waals surface area contributed by atoms with Gasteiger partial charge in [-0.3, -0.25) is 9.30 Å².